The topological polar surface area (TPSA) is 21.3 Å². The standard InChI is InChI=1S/C18H22FNO/c1-3-20-13-16(14-7-5-4-6-8-14)11-15-12-17(19)9-10-18(15)21-2/h4-10,12,16,20H,3,11,13H2,1-2H3. The number of halogens is 1. The molecule has 2 nitrogen and oxygen atoms in total. The van der Waals surface area contributed by atoms with Crippen LogP contribution in [0, 0.1) is 5.82 Å². The minimum atomic E-state index is -0.221. The maximum atomic E-state index is 13.5. The van der Waals surface area contributed by atoms with Crippen molar-refractivity contribution < 1.29 is 9.13 Å². The summed E-state index contributed by atoms with van der Waals surface area (Å²) in [7, 11) is 1.62. The van der Waals surface area contributed by atoms with E-state index in [-0.39, 0.29) is 5.82 Å². The molecule has 0 aromatic heterocycles. The molecular weight excluding hydrogens is 265 g/mol. The number of methoxy groups -OCH3 is 1. The third kappa shape index (κ3) is 4.30. The van der Waals surface area contributed by atoms with Gasteiger partial charge >= 0.3 is 0 Å². The van der Waals surface area contributed by atoms with Crippen LogP contribution in [0.1, 0.15) is 24.0 Å². The molecule has 112 valence electrons. The van der Waals surface area contributed by atoms with E-state index in [1.165, 1.54) is 11.6 Å². The molecule has 0 aliphatic heterocycles. The minimum absolute atomic E-state index is 0.221. The van der Waals surface area contributed by atoms with Crippen molar-refractivity contribution in [2.75, 3.05) is 20.2 Å². The first-order valence-electron chi connectivity index (χ1n) is 7.32. The van der Waals surface area contributed by atoms with Crippen molar-refractivity contribution in [2.45, 2.75) is 19.3 Å². The van der Waals surface area contributed by atoms with Crippen LogP contribution in [0.4, 0.5) is 4.39 Å². The summed E-state index contributed by atoms with van der Waals surface area (Å²) in [5, 5.41) is 3.38. The lowest BCUT2D eigenvalue weighted by atomic mass is 9.91. The SMILES string of the molecule is CCNCC(Cc1cc(F)ccc1OC)c1ccccc1. The molecule has 0 saturated heterocycles. The molecule has 2 aromatic rings. The normalized spacial score (nSPS) is 12.1. The summed E-state index contributed by atoms with van der Waals surface area (Å²) in [5.41, 5.74) is 2.16. The van der Waals surface area contributed by atoms with Gasteiger partial charge in [0.2, 0.25) is 0 Å². The lowest BCUT2D eigenvalue weighted by molar-refractivity contribution is 0.406. The fourth-order valence-electron chi connectivity index (χ4n) is 2.52. The number of hydrogen-bond donors (Lipinski definition) is 1. The molecule has 0 heterocycles. The molecule has 0 fully saturated rings. The predicted octanol–water partition coefficient (Wildman–Crippen LogP) is 3.77. The van der Waals surface area contributed by atoms with Crippen LogP contribution in [0.25, 0.3) is 0 Å². The van der Waals surface area contributed by atoms with Gasteiger partial charge in [0.15, 0.2) is 0 Å². The second kappa shape index (κ2) is 7.79. The molecule has 1 N–H and O–H groups in total. The van der Waals surface area contributed by atoms with Gasteiger partial charge in [-0.1, -0.05) is 37.3 Å². The minimum Gasteiger partial charge on any atom is -0.496 e. The predicted molar refractivity (Wildman–Crippen MR) is 84.4 cm³/mol. The van der Waals surface area contributed by atoms with Crippen LogP contribution >= 0.6 is 0 Å². The van der Waals surface area contributed by atoms with Gasteiger partial charge in [0, 0.05) is 12.5 Å². The van der Waals surface area contributed by atoms with Crippen LogP contribution in [0.5, 0.6) is 5.75 Å². The van der Waals surface area contributed by atoms with E-state index in [0.717, 1.165) is 30.8 Å². The zero-order valence-electron chi connectivity index (χ0n) is 12.6. The third-order valence-electron chi connectivity index (χ3n) is 3.62. The van der Waals surface area contributed by atoms with Gasteiger partial charge in [-0.25, -0.2) is 4.39 Å². The van der Waals surface area contributed by atoms with Crippen molar-refractivity contribution in [1.29, 1.82) is 0 Å². The molecule has 0 radical (unpaired) electrons. The van der Waals surface area contributed by atoms with E-state index in [4.69, 9.17) is 4.74 Å². The first-order valence-corrected chi connectivity index (χ1v) is 7.32. The first kappa shape index (κ1) is 15.5. The van der Waals surface area contributed by atoms with Crippen molar-refractivity contribution in [1.82, 2.24) is 5.32 Å². The lowest BCUT2D eigenvalue weighted by Crippen LogP contribution is -2.22. The van der Waals surface area contributed by atoms with Crippen molar-refractivity contribution in [2.24, 2.45) is 0 Å². The fourth-order valence-corrected chi connectivity index (χ4v) is 2.52. The number of likely N-dealkylation sites (N-methyl/N-ethyl adjacent to an activating group) is 1. The second-order valence-electron chi connectivity index (χ2n) is 5.08. The van der Waals surface area contributed by atoms with E-state index in [1.807, 2.05) is 18.2 Å². The Labute approximate surface area is 126 Å². The van der Waals surface area contributed by atoms with Gasteiger partial charge in [-0.3, -0.25) is 0 Å². The van der Waals surface area contributed by atoms with Crippen molar-refractivity contribution >= 4 is 0 Å². The highest BCUT2D eigenvalue weighted by Gasteiger charge is 2.15. The summed E-state index contributed by atoms with van der Waals surface area (Å²) in [5.74, 6) is 0.816. The van der Waals surface area contributed by atoms with Gasteiger partial charge in [-0.05, 0) is 42.3 Å². The summed E-state index contributed by atoms with van der Waals surface area (Å²) in [6, 6.07) is 15.0. The summed E-state index contributed by atoms with van der Waals surface area (Å²) in [6.07, 6.45) is 0.748. The Morgan fingerprint density at radius 2 is 1.90 bits per heavy atom. The van der Waals surface area contributed by atoms with Gasteiger partial charge in [0.05, 0.1) is 7.11 Å². The van der Waals surface area contributed by atoms with Crippen LogP contribution in [0.15, 0.2) is 48.5 Å². The number of rotatable bonds is 7. The Bertz CT molecular complexity index is 556. The highest BCUT2D eigenvalue weighted by molar-refractivity contribution is 5.36. The second-order valence-corrected chi connectivity index (χ2v) is 5.08. The smallest absolute Gasteiger partial charge is 0.123 e. The first-order chi connectivity index (χ1) is 10.2. The van der Waals surface area contributed by atoms with Crippen molar-refractivity contribution in [3.63, 3.8) is 0 Å². The summed E-state index contributed by atoms with van der Waals surface area (Å²) >= 11 is 0. The molecule has 2 aromatic carbocycles. The van der Waals surface area contributed by atoms with Gasteiger partial charge in [-0.15, -0.1) is 0 Å². The maximum Gasteiger partial charge on any atom is 0.123 e. The van der Waals surface area contributed by atoms with E-state index in [1.54, 1.807) is 19.2 Å². The molecule has 1 unspecified atom stereocenters. The number of ether oxygens (including phenoxy) is 1. The van der Waals surface area contributed by atoms with Gasteiger partial charge in [0.25, 0.3) is 0 Å². The molecule has 21 heavy (non-hydrogen) atoms. The molecule has 1 atom stereocenters. The summed E-state index contributed by atoms with van der Waals surface area (Å²) in [4.78, 5) is 0. The number of hydrogen-bond acceptors (Lipinski definition) is 2. The molecule has 0 aliphatic rings. The highest BCUT2D eigenvalue weighted by atomic mass is 19.1. The van der Waals surface area contributed by atoms with E-state index in [0.29, 0.717) is 5.92 Å². The number of nitrogens with one attached hydrogen (secondary N) is 1. The molecular formula is C18H22FNO. The van der Waals surface area contributed by atoms with Gasteiger partial charge < -0.3 is 10.1 Å². The molecule has 2 rings (SSSR count). The van der Waals surface area contributed by atoms with E-state index >= 15 is 0 Å². The Balaban J connectivity index is 2.24. The van der Waals surface area contributed by atoms with E-state index < -0.39 is 0 Å². The molecule has 0 aliphatic carbocycles. The molecule has 3 heteroatoms. The van der Waals surface area contributed by atoms with E-state index in [2.05, 4.69) is 24.4 Å². The molecule has 0 spiro atoms. The fraction of sp³-hybridized carbons (Fsp3) is 0.333. The largest absolute Gasteiger partial charge is 0.496 e. The quantitative estimate of drug-likeness (QED) is 0.837. The maximum absolute atomic E-state index is 13.5. The Hall–Kier alpha value is -1.87. The van der Waals surface area contributed by atoms with Crippen LogP contribution in [0.3, 0.4) is 0 Å². The van der Waals surface area contributed by atoms with Gasteiger partial charge in [0.1, 0.15) is 11.6 Å². The zero-order chi connectivity index (χ0) is 15.1. The van der Waals surface area contributed by atoms with Gasteiger partial charge in [-0.2, -0.15) is 0 Å². The third-order valence-corrected chi connectivity index (χ3v) is 3.62. The van der Waals surface area contributed by atoms with E-state index in [9.17, 15) is 4.39 Å². The molecule has 0 saturated carbocycles. The van der Waals surface area contributed by atoms with Crippen molar-refractivity contribution in [3.05, 3.63) is 65.5 Å². The summed E-state index contributed by atoms with van der Waals surface area (Å²) in [6.45, 7) is 3.87. The lowest BCUT2D eigenvalue weighted by Gasteiger charge is -2.19. The van der Waals surface area contributed by atoms with Crippen LogP contribution in [-0.4, -0.2) is 20.2 Å². The Morgan fingerprint density at radius 1 is 1.14 bits per heavy atom. The highest BCUT2D eigenvalue weighted by Crippen LogP contribution is 2.27. The Morgan fingerprint density at radius 3 is 2.57 bits per heavy atom. The Kier molecular flexibility index (Phi) is 5.76. The monoisotopic (exact) mass is 287 g/mol. The zero-order valence-corrected chi connectivity index (χ0v) is 12.6. The average Bonchev–Trinajstić information content (AvgIpc) is 2.52. The number of benzene rings is 2. The van der Waals surface area contributed by atoms with Crippen LogP contribution in [0.2, 0.25) is 0 Å². The molecule has 0 amide bonds. The van der Waals surface area contributed by atoms with Crippen LogP contribution in [-0.2, 0) is 6.42 Å². The van der Waals surface area contributed by atoms with Crippen molar-refractivity contribution in [3.8, 4) is 5.75 Å². The molecule has 0 bridgehead atoms. The average molecular weight is 287 g/mol. The summed E-state index contributed by atoms with van der Waals surface area (Å²) < 4.78 is 18.9. The van der Waals surface area contributed by atoms with Crippen LogP contribution < -0.4 is 10.1 Å².